The number of nitrogens with one attached hydrogen (secondary N) is 2. The number of hydrogen-bond acceptors (Lipinski definition) is 3. The molecular weight excluding hydrogens is 314 g/mol. The van der Waals surface area contributed by atoms with Crippen LogP contribution in [0.2, 0.25) is 0 Å². The van der Waals surface area contributed by atoms with Gasteiger partial charge < -0.3 is 15.4 Å². The predicted molar refractivity (Wildman–Crippen MR) is 96.5 cm³/mol. The van der Waals surface area contributed by atoms with Gasteiger partial charge in [0.25, 0.3) is 5.91 Å². The van der Waals surface area contributed by atoms with Crippen molar-refractivity contribution in [1.82, 2.24) is 9.88 Å². The van der Waals surface area contributed by atoms with Gasteiger partial charge >= 0.3 is 0 Å². The standard InChI is InChI=1S/C20H21N3O2/c24-11-12-1-2-19-17(4-12)18(20(25)22-19)6-16-3-13(7-21-16)8-23-9-14-5-15(14)10-23/h1-4,6-7,14-15,21,24H,5,8-11H2,(H,22,25)/t14-,15+. The van der Waals surface area contributed by atoms with Crippen molar-refractivity contribution >= 4 is 23.2 Å². The monoisotopic (exact) mass is 335 g/mol. The second-order valence-electron chi connectivity index (χ2n) is 7.46. The van der Waals surface area contributed by atoms with Crippen LogP contribution in [0.25, 0.3) is 11.6 Å². The van der Waals surface area contributed by atoms with E-state index < -0.39 is 0 Å². The van der Waals surface area contributed by atoms with Gasteiger partial charge in [0.05, 0.1) is 12.2 Å². The van der Waals surface area contributed by atoms with Crippen molar-refractivity contribution in [2.24, 2.45) is 11.8 Å². The number of H-pyrrole nitrogens is 1. The van der Waals surface area contributed by atoms with Crippen molar-refractivity contribution in [2.45, 2.75) is 19.6 Å². The van der Waals surface area contributed by atoms with E-state index in [1.807, 2.05) is 30.5 Å². The van der Waals surface area contributed by atoms with Gasteiger partial charge in [-0.05, 0) is 53.7 Å². The minimum absolute atomic E-state index is 0.0285. The van der Waals surface area contributed by atoms with E-state index in [1.165, 1.54) is 25.1 Å². The van der Waals surface area contributed by atoms with Crippen LogP contribution in [0.4, 0.5) is 5.69 Å². The maximum atomic E-state index is 12.3. The molecule has 2 aromatic rings. The normalized spacial score (nSPS) is 26.0. The Morgan fingerprint density at radius 1 is 1.20 bits per heavy atom. The number of likely N-dealkylation sites (tertiary alicyclic amines) is 1. The van der Waals surface area contributed by atoms with Gasteiger partial charge in [0.2, 0.25) is 0 Å². The first-order valence-corrected chi connectivity index (χ1v) is 8.86. The van der Waals surface area contributed by atoms with E-state index in [-0.39, 0.29) is 12.5 Å². The molecule has 0 bridgehead atoms. The lowest BCUT2D eigenvalue weighted by molar-refractivity contribution is -0.110. The van der Waals surface area contributed by atoms with E-state index in [0.29, 0.717) is 5.57 Å². The summed E-state index contributed by atoms with van der Waals surface area (Å²) in [4.78, 5) is 18.1. The molecule has 3 heterocycles. The molecule has 1 saturated carbocycles. The highest BCUT2D eigenvalue weighted by molar-refractivity contribution is 6.34. The number of aliphatic hydroxyl groups is 1. The van der Waals surface area contributed by atoms with Crippen LogP contribution in [0.5, 0.6) is 0 Å². The molecule has 2 fully saturated rings. The van der Waals surface area contributed by atoms with Gasteiger partial charge in [0, 0.05) is 42.8 Å². The third kappa shape index (κ3) is 2.69. The van der Waals surface area contributed by atoms with Crippen LogP contribution in [0.3, 0.4) is 0 Å². The Balaban J connectivity index is 1.38. The van der Waals surface area contributed by atoms with Crippen molar-refractivity contribution in [3.8, 4) is 0 Å². The fourth-order valence-corrected chi connectivity index (χ4v) is 4.15. The number of aromatic nitrogens is 1. The first-order chi connectivity index (χ1) is 12.2. The zero-order valence-corrected chi connectivity index (χ0v) is 14.0. The number of nitrogens with zero attached hydrogens (tertiary/aromatic N) is 1. The Morgan fingerprint density at radius 3 is 2.84 bits per heavy atom. The number of amides is 1. The zero-order chi connectivity index (χ0) is 17.0. The number of hydrogen-bond donors (Lipinski definition) is 3. The SMILES string of the molecule is O=C1Nc2ccc(CO)cc2C1=Cc1cc(CN2C[C@H]3C[C@H]3C2)c[nH]1. The van der Waals surface area contributed by atoms with Gasteiger partial charge in [-0.2, -0.15) is 0 Å². The maximum absolute atomic E-state index is 12.3. The third-order valence-corrected chi connectivity index (χ3v) is 5.58. The summed E-state index contributed by atoms with van der Waals surface area (Å²) in [6.45, 7) is 3.40. The lowest BCUT2D eigenvalue weighted by Crippen LogP contribution is -2.21. The Kier molecular flexibility index (Phi) is 3.33. The summed E-state index contributed by atoms with van der Waals surface area (Å²) in [6.07, 6.45) is 5.35. The summed E-state index contributed by atoms with van der Waals surface area (Å²) in [5, 5.41) is 12.2. The smallest absolute Gasteiger partial charge is 0.256 e. The molecule has 3 N–H and O–H groups in total. The lowest BCUT2D eigenvalue weighted by Gasteiger charge is -2.15. The van der Waals surface area contributed by atoms with Crippen molar-refractivity contribution in [3.05, 3.63) is 52.8 Å². The molecule has 2 aliphatic heterocycles. The molecule has 1 amide bonds. The Bertz CT molecular complexity index is 873. The number of benzene rings is 1. The molecule has 1 aliphatic carbocycles. The van der Waals surface area contributed by atoms with Crippen molar-refractivity contribution in [3.63, 3.8) is 0 Å². The summed E-state index contributed by atoms with van der Waals surface area (Å²) < 4.78 is 0. The molecule has 1 aromatic carbocycles. The summed E-state index contributed by atoms with van der Waals surface area (Å²) in [7, 11) is 0. The van der Waals surface area contributed by atoms with Gasteiger partial charge in [-0.3, -0.25) is 9.69 Å². The topological polar surface area (TPSA) is 68.4 Å². The molecule has 1 aromatic heterocycles. The largest absolute Gasteiger partial charge is 0.392 e. The summed E-state index contributed by atoms with van der Waals surface area (Å²) in [5.41, 5.74) is 5.30. The number of rotatable bonds is 4. The highest BCUT2D eigenvalue weighted by Crippen LogP contribution is 2.45. The van der Waals surface area contributed by atoms with E-state index in [9.17, 15) is 9.90 Å². The molecular formula is C20H21N3O2. The Morgan fingerprint density at radius 2 is 2.04 bits per heavy atom. The van der Waals surface area contributed by atoms with Gasteiger partial charge in [-0.25, -0.2) is 0 Å². The number of carbonyl (C=O) groups is 1. The lowest BCUT2D eigenvalue weighted by atomic mass is 10.0. The second-order valence-corrected chi connectivity index (χ2v) is 7.46. The number of anilines is 1. The number of aromatic amines is 1. The fourth-order valence-electron chi connectivity index (χ4n) is 4.15. The summed E-state index contributed by atoms with van der Waals surface area (Å²) >= 11 is 0. The molecule has 3 aliphatic rings. The molecule has 5 rings (SSSR count). The molecule has 0 spiro atoms. The van der Waals surface area contributed by atoms with Crippen LogP contribution >= 0.6 is 0 Å². The molecule has 128 valence electrons. The number of fused-ring (bicyclic) bond motifs is 2. The van der Waals surface area contributed by atoms with Gasteiger partial charge in [0.15, 0.2) is 0 Å². The van der Waals surface area contributed by atoms with Crippen molar-refractivity contribution in [1.29, 1.82) is 0 Å². The first-order valence-electron chi connectivity index (χ1n) is 8.86. The van der Waals surface area contributed by atoms with E-state index in [4.69, 9.17) is 0 Å². The predicted octanol–water partition coefficient (Wildman–Crippen LogP) is 2.45. The van der Waals surface area contributed by atoms with Crippen LogP contribution < -0.4 is 5.32 Å². The third-order valence-electron chi connectivity index (χ3n) is 5.58. The first kappa shape index (κ1) is 14.9. The van der Waals surface area contributed by atoms with Crippen molar-refractivity contribution in [2.75, 3.05) is 18.4 Å². The summed E-state index contributed by atoms with van der Waals surface area (Å²) in [6, 6.07) is 7.67. The van der Waals surface area contributed by atoms with Gasteiger partial charge in [-0.1, -0.05) is 6.07 Å². The van der Waals surface area contributed by atoms with Crippen LogP contribution in [0.1, 0.15) is 28.8 Å². The quantitative estimate of drug-likeness (QED) is 0.752. The van der Waals surface area contributed by atoms with Crippen LogP contribution in [0, 0.1) is 11.8 Å². The highest BCUT2D eigenvalue weighted by atomic mass is 16.3. The number of carbonyl (C=O) groups excluding carboxylic acids is 1. The average molecular weight is 335 g/mol. The van der Waals surface area contributed by atoms with E-state index in [0.717, 1.165) is 40.9 Å². The van der Waals surface area contributed by atoms with Gasteiger partial charge in [-0.15, -0.1) is 0 Å². The second kappa shape index (κ2) is 5.58. The van der Waals surface area contributed by atoms with Crippen LogP contribution in [-0.4, -0.2) is 34.0 Å². The molecule has 0 unspecified atom stereocenters. The number of aliphatic hydroxyl groups excluding tert-OH is 1. The Hall–Kier alpha value is -2.37. The minimum atomic E-state index is -0.0964. The molecule has 5 heteroatoms. The molecule has 0 radical (unpaired) electrons. The molecule has 1 saturated heterocycles. The van der Waals surface area contributed by atoms with Crippen LogP contribution in [0.15, 0.2) is 30.5 Å². The van der Waals surface area contributed by atoms with E-state index in [2.05, 4.69) is 21.3 Å². The fraction of sp³-hybridized carbons (Fsp3) is 0.350. The van der Waals surface area contributed by atoms with E-state index in [1.54, 1.807) is 0 Å². The molecule has 25 heavy (non-hydrogen) atoms. The highest BCUT2D eigenvalue weighted by Gasteiger charge is 2.44. The average Bonchev–Trinajstić information content (AvgIpc) is 2.95. The zero-order valence-electron chi connectivity index (χ0n) is 14.0. The van der Waals surface area contributed by atoms with Gasteiger partial charge in [0.1, 0.15) is 0 Å². The number of piperidine rings is 1. The van der Waals surface area contributed by atoms with E-state index >= 15 is 0 Å². The van der Waals surface area contributed by atoms with Crippen LogP contribution in [-0.2, 0) is 17.9 Å². The minimum Gasteiger partial charge on any atom is -0.392 e. The molecule has 2 atom stereocenters. The van der Waals surface area contributed by atoms with Crippen molar-refractivity contribution < 1.29 is 9.90 Å². The Labute approximate surface area is 146 Å². The summed E-state index contributed by atoms with van der Waals surface area (Å²) in [5.74, 6) is 1.79. The maximum Gasteiger partial charge on any atom is 0.256 e. The molecule has 5 nitrogen and oxygen atoms in total.